The van der Waals surface area contributed by atoms with Crippen LogP contribution in [0, 0.1) is 6.92 Å². The standard InChI is InChI=1S/C9H13P/c1-3-8-5-4-7(2)9(10)6-8/h4-6H,3,10H2,1-2H3. The summed E-state index contributed by atoms with van der Waals surface area (Å²) in [6.07, 6.45) is 1.13. The summed E-state index contributed by atoms with van der Waals surface area (Å²) in [5.74, 6) is 0. The molecule has 0 aromatic heterocycles. The molecule has 0 aliphatic heterocycles. The maximum Gasteiger partial charge on any atom is -0.0271 e. The molecule has 0 aliphatic rings. The predicted molar refractivity (Wildman–Crippen MR) is 49.9 cm³/mol. The Hall–Kier alpha value is -0.350. The number of aryl methyl sites for hydroxylation is 2. The minimum Gasteiger partial charge on any atom is -0.105 e. The molecule has 54 valence electrons. The first kappa shape index (κ1) is 7.75. The first-order chi connectivity index (χ1) is 4.74. The Balaban J connectivity index is 3.04. The van der Waals surface area contributed by atoms with E-state index in [1.165, 1.54) is 16.4 Å². The van der Waals surface area contributed by atoms with E-state index in [2.05, 4.69) is 41.3 Å². The molecule has 1 rings (SSSR count). The van der Waals surface area contributed by atoms with Crippen molar-refractivity contribution in [2.24, 2.45) is 0 Å². The Morgan fingerprint density at radius 1 is 1.40 bits per heavy atom. The van der Waals surface area contributed by atoms with Crippen molar-refractivity contribution in [3.8, 4) is 0 Å². The molecular formula is C9H13P. The summed E-state index contributed by atoms with van der Waals surface area (Å²) >= 11 is 0. The molecule has 0 aliphatic carbocycles. The summed E-state index contributed by atoms with van der Waals surface area (Å²) < 4.78 is 0. The number of rotatable bonds is 1. The SMILES string of the molecule is CCc1ccc(C)c(P)c1. The molecule has 0 amide bonds. The maximum absolute atomic E-state index is 2.75. The van der Waals surface area contributed by atoms with Crippen LogP contribution < -0.4 is 5.30 Å². The fourth-order valence-electron chi connectivity index (χ4n) is 0.910. The number of benzene rings is 1. The lowest BCUT2D eigenvalue weighted by atomic mass is 10.1. The molecule has 0 saturated heterocycles. The molecule has 0 N–H and O–H groups in total. The van der Waals surface area contributed by atoms with E-state index in [1.807, 2.05) is 0 Å². The van der Waals surface area contributed by atoms with E-state index >= 15 is 0 Å². The van der Waals surface area contributed by atoms with Gasteiger partial charge in [0.1, 0.15) is 0 Å². The second-order valence-corrected chi connectivity index (χ2v) is 3.17. The van der Waals surface area contributed by atoms with Gasteiger partial charge in [-0.3, -0.25) is 0 Å². The quantitative estimate of drug-likeness (QED) is 0.540. The van der Waals surface area contributed by atoms with E-state index in [1.54, 1.807) is 0 Å². The van der Waals surface area contributed by atoms with Crippen LogP contribution in [0.25, 0.3) is 0 Å². The summed E-state index contributed by atoms with van der Waals surface area (Å²) in [6, 6.07) is 6.57. The van der Waals surface area contributed by atoms with Gasteiger partial charge in [0.15, 0.2) is 0 Å². The third kappa shape index (κ3) is 1.58. The van der Waals surface area contributed by atoms with Gasteiger partial charge in [-0.25, -0.2) is 0 Å². The van der Waals surface area contributed by atoms with Crippen molar-refractivity contribution in [2.45, 2.75) is 20.3 Å². The van der Waals surface area contributed by atoms with Gasteiger partial charge in [-0.1, -0.05) is 25.1 Å². The highest BCUT2D eigenvalue weighted by Crippen LogP contribution is 2.04. The van der Waals surface area contributed by atoms with Crippen LogP contribution in [0.4, 0.5) is 0 Å². The average molecular weight is 152 g/mol. The van der Waals surface area contributed by atoms with Crippen molar-refractivity contribution in [3.05, 3.63) is 29.3 Å². The second kappa shape index (κ2) is 3.16. The normalized spacial score (nSPS) is 9.90. The Morgan fingerprint density at radius 3 is 2.60 bits per heavy atom. The van der Waals surface area contributed by atoms with Crippen molar-refractivity contribution >= 4 is 14.5 Å². The Labute approximate surface area is 64.9 Å². The molecule has 1 heteroatoms. The Bertz CT molecular complexity index is 228. The molecule has 0 nitrogen and oxygen atoms in total. The molecule has 0 radical (unpaired) electrons. The zero-order valence-corrected chi connectivity index (χ0v) is 7.67. The lowest BCUT2D eigenvalue weighted by Crippen LogP contribution is -1.97. The van der Waals surface area contributed by atoms with Gasteiger partial charge in [0, 0.05) is 0 Å². The van der Waals surface area contributed by atoms with E-state index in [9.17, 15) is 0 Å². The molecule has 1 aromatic rings. The van der Waals surface area contributed by atoms with Crippen LogP contribution in [0.15, 0.2) is 18.2 Å². The molecule has 0 spiro atoms. The van der Waals surface area contributed by atoms with Gasteiger partial charge in [-0.05, 0) is 29.8 Å². The van der Waals surface area contributed by atoms with Crippen molar-refractivity contribution in [1.29, 1.82) is 0 Å². The third-order valence-electron chi connectivity index (χ3n) is 1.75. The van der Waals surface area contributed by atoms with Gasteiger partial charge in [0.2, 0.25) is 0 Å². The lowest BCUT2D eigenvalue weighted by molar-refractivity contribution is 1.14. The van der Waals surface area contributed by atoms with Crippen molar-refractivity contribution < 1.29 is 0 Å². The first-order valence-electron chi connectivity index (χ1n) is 3.59. The lowest BCUT2D eigenvalue weighted by Gasteiger charge is -2.00. The fraction of sp³-hybridized carbons (Fsp3) is 0.333. The number of hydrogen-bond acceptors (Lipinski definition) is 0. The van der Waals surface area contributed by atoms with Crippen LogP contribution in [0.5, 0.6) is 0 Å². The third-order valence-corrected chi connectivity index (χ3v) is 2.37. The second-order valence-electron chi connectivity index (χ2n) is 2.54. The van der Waals surface area contributed by atoms with Crippen LogP contribution in [-0.2, 0) is 6.42 Å². The van der Waals surface area contributed by atoms with Gasteiger partial charge in [-0.15, -0.1) is 9.24 Å². The van der Waals surface area contributed by atoms with Crippen molar-refractivity contribution in [2.75, 3.05) is 0 Å². The van der Waals surface area contributed by atoms with Crippen LogP contribution in [0.2, 0.25) is 0 Å². The predicted octanol–water partition coefficient (Wildman–Crippen LogP) is 2.06. The van der Waals surface area contributed by atoms with Gasteiger partial charge in [0.25, 0.3) is 0 Å². The van der Waals surface area contributed by atoms with E-state index < -0.39 is 0 Å². The molecule has 10 heavy (non-hydrogen) atoms. The van der Waals surface area contributed by atoms with E-state index in [0.29, 0.717) is 0 Å². The van der Waals surface area contributed by atoms with Crippen LogP contribution in [0.3, 0.4) is 0 Å². The van der Waals surface area contributed by atoms with Crippen LogP contribution in [-0.4, -0.2) is 0 Å². The molecule has 1 unspecified atom stereocenters. The summed E-state index contributed by atoms with van der Waals surface area (Å²) in [7, 11) is 2.75. The summed E-state index contributed by atoms with van der Waals surface area (Å²) in [6.45, 7) is 4.30. The van der Waals surface area contributed by atoms with Crippen LogP contribution in [0.1, 0.15) is 18.1 Å². The monoisotopic (exact) mass is 152 g/mol. The highest BCUT2D eigenvalue weighted by atomic mass is 31.0. The first-order valence-corrected chi connectivity index (χ1v) is 4.16. The summed E-state index contributed by atoms with van der Waals surface area (Å²) in [5.41, 5.74) is 2.76. The highest BCUT2D eigenvalue weighted by molar-refractivity contribution is 7.27. The van der Waals surface area contributed by atoms with Gasteiger partial charge in [0.05, 0.1) is 0 Å². The minimum absolute atomic E-state index is 1.13. The Morgan fingerprint density at radius 2 is 2.10 bits per heavy atom. The molecule has 1 aromatic carbocycles. The largest absolute Gasteiger partial charge is 0.105 e. The Kier molecular flexibility index (Phi) is 2.45. The molecule has 0 saturated carbocycles. The molecule has 0 bridgehead atoms. The summed E-state index contributed by atoms with van der Waals surface area (Å²) in [4.78, 5) is 0. The van der Waals surface area contributed by atoms with E-state index in [0.717, 1.165) is 6.42 Å². The molecule has 0 fully saturated rings. The zero-order chi connectivity index (χ0) is 7.56. The van der Waals surface area contributed by atoms with E-state index in [-0.39, 0.29) is 0 Å². The summed E-state index contributed by atoms with van der Waals surface area (Å²) in [5, 5.41) is 1.32. The minimum atomic E-state index is 1.13. The highest BCUT2D eigenvalue weighted by Gasteiger charge is 1.92. The zero-order valence-electron chi connectivity index (χ0n) is 6.52. The average Bonchev–Trinajstić information content (AvgIpc) is 1.95. The topological polar surface area (TPSA) is 0 Å². The van der Waals surface area contributed by atoms with Gasteiger partial charge >= 0.3 is 0 Å². The van der Waals surface area contributed by atoms with E-state index in [4.69, 9.17) is 0 Å². The van der Waals surface area contributed by atoms with Gasteiger partial charge < -0.3 is 0 Å². The van der Waals surface area contributed by atoms with Crippen LogP contribution >= 0.6 is 9.24 Å². The fourth-order valence-corrected chi connectivity index (χ4v) is 1.22. The molecule has 1 atom stereocenters. The smallest absolute Gasteiger partial charge is 0.0271 e. The van der Waals surface area contributed by atoms with Crippen molar-refractivity contribution in [1.82, 2.24) is 0 Å². The molecule has 0 heterocycles. The van der Waals surface area contributed by atoms with Gasteiger partial charge in [-0.2, -0.15) is 0 Å². The van der Waals surface area contributed by atoms with Crippen molar-refractivity contribution in [3.63, 3.8) is 0 Å². The number of hydrogen-bond donors (Lipinski definition) is 0. The maximum atomic E-state index is 2.75. The molecular weight excluding hydrogens is 139 g/mol.